The molecule has 0 aromatic heterocycles. The van der Waals surface area contributed by atoms with E-state index in [9.17, 15) is 8.42 Å². The number of rotatable bonds is 4. The first-order valence-electron chi connectivity index (χ1n) is 5.23. The molecule has 0 radical (unpaired) electrons. The van der Waals surface area contributed by atoms with Crippen molar-refractivity contribution in [3.8, 4) is 5.75 Å². The van der Waals surface area contributed by atoms with Crippen molar-refractivity contribution in [3.05, 3.63) is 24.3 Å². The maximum atomic E-state index is 11.0. The van der Waals surface area contributed by atoms with Crippen LogP contribution in [0.4, 0.5) is 0 Å². The van der Waals surface area contributed by atoms with E-state index in [2.05, 4.69) is 0 Å². The molecule has 1 aromatic carbocycles. The molecular weight excluding hydrogens is 248 g/mol. The average Bonchev–Trinajstić information content (AvgIpc) is 2.15. The van der Waals surface area contributed by atoms with Crippen LogP contribution in [0.2, 0.25) is 0 Å². The summed E-state index contributed by atoms with van der Waals surface area (Å²) < 4.78 is 27.5. The van der Waals surface area contributed by atoms with E-state index in [1.807, 2.05) is 0 Å². The minimum atomic E-state index is -3.63. The lowest BCUT2D eigenvalue weighted by molar-refractivity contribution is 0.180. The predicted molar refractivity (Wildman–Crippen MR) is 62.3 cm³/mol. The lowest BCUT2D eigenvalue weighted by Gasteiger charge is -2.25. The lowest BCUT2D eigenvalue weighted by atomic mass is 9.86. The maximum absolute atomic E-state index is 11.0. The fourth-order valence-corrected chi connectivity index (χ4v) is 2.34. The van der Waals surface area contributed by atoms with Gasteiger partial charge < -0.3 is 4.74 Å². The van der Waals surface area contributed by atoms with Gasteiger partial charge in [-0.2, -0.15) is 0 Å². The summed E-state index contributed by atoms with van der Waals surface area (Å²) in [4.78, 5) is 0.102. The highest BCUT2D eigenvalue weighted by Gasteiger charge is 2.18. The Kier molecular flexibility index (Phi) is 3.40. The van der Waals surface area contributed by atoms with Crippen molar-refractivity contribution in [1.82, 2.24) is 0 Å². The largest absolute Gasteiger partial charge is 0.493 e. The molecular formula is C11H13ClO3S. The molecule has 0 atom stereocenters. The van der Waals surface area contributed by atoms with Gasteiger partial charge in [0.2, 0.25) is 0 Å². The smallest absolute Gasteiger partial charge is 0.261 e. The molecule has 1 aliphatic carbocycles. The van der Waals surface area contributed by atoms with Crippen molar-refractivity contribution in [2.24, 2.45) is 5.92 Å². The molecule has 1 fully saturated rings. The molecule has 88 valence electrons. The maximum Gasteiger partial charge on any atom is 0.261 e. The highest BCUT2D eigenvalue weighted by molar-refractivity contribution is 8.13. The zero-order chi connectivity index (χ0) is 11.6. The minimum absolute atomic E-state index is 0.102. The van der Waals surface area contributed by atoms with Crippen molar-refractivity contribution >= 4 is 19.7 Å². The fraction of sp³-hybridized carbons (Fsp3) is 0.455. The summed E-state index contributed by atoms with van der Waals surface area (Å²) in [5.74, 6) is 1.35. The Morgan fingerprint density at radius 2 is 1.88 bits per heavy atom. The molecule has 3 nitrogen and oxygen atoms in total. The topological polar surface area (TPSA) is 43.4 Å². The molecule has 0 aliphatic heterocycles. The Hall–Kier alpha value is -0.740. The molecule has 5 heteroatoms. The van der Waals surface area contributed by atoms with Crippen LogP contribution in [0.3, 0.4) is 0 Å². The average molecular weight is 261 g/mol. The lowest BCUT2D eigenvalue weighted by Crippen LogP contribution is -2.19. The number of halogens is 1. The Balaban J connectivity index is 1.96. The molecule has 0 spiro atoms. The van der Waals surface area contributed by atoms with Gasteiger partial charge in [0.15, 0.2) is 0 Å². The number of hydrogen-bond acceptors (Lipinski definition) is 3. The van der Waals surface area contributed by atoms with E-state index in [0.29, 0.717) is 18.3 Å². The van der Waals surface area contributed by atoms with Crippen LogP contribution in [-0.4, -0.2) is 15.0 Å². The fourth-order valence-electron chi connectivity index (χ4n) is 1.57. The van der Waals surface area contributed by atoms with Gasteiger partial charge in [-0.1, -0.05) is 6.42 Å². The van der Waals surface area contributed by atoms with Gasteiger partial charge in [0.25, 0.3) is 9.05 Å². The van der Waals surface area contributed by atoms with Crippen molar-refractivity contribution < 1.29 is 13.2 Å². The molecule has 0 bridgehead atoms. The van der Waals surface area contributed by atoms with Crippen LogP contribution in [-0.2, 0) is 9.05 Å². The van der Waals surface area contributed by atoms with E-state index in [0.717, 1.165) is 0 Å². The number of hydrogen-bond donors (Lipinski definition) is 0. The van der Waals surface area contributed by atoms with Gasteiger partial charge in [0.05, 0.1) is 11.5 Å². The summed E-state index contributed by atoms with van der Waals surface area (Å²) in [6.07, 6.45) is 3.75. The third-order valence-electron chi connectivity index (χ3n) is 2.82. The third-order valence-corrected chi connectivity index (χ3v) is 4.19. The zero-order valence-electron chi connectivity index (χ0n) is 8.73. The Bertz CT molecular complexity index is 449. The van der Waals surface area contributed by atoms with Gasteiger partial charge in [0.1, 0.15) is 5.75 Å². The van der Waals surface area contributed by atoms with E-state index in [1.165, 1.54) is 31.4 Å². The minimum Gasteiger partial charge on any atom is -0.493 e. The second-order valence-corrected chi connectivity index (χ2v) is 6.58. The Morgan fingerprint density at radius 3 is 2.31 bits per heavy atom. The first-order chi connectivity index (χ1) is 7.55. The molecule has 0 unspecified atom stereocenters. The standard InChI is InChI=1S/C11H13ClO3S/c12-16(13,14)11-6-4-10(5-7-11)15-8-9-2-1-3-9/h4-7,9H,1-3,8H2. The second kappa shape index (κ2) is 4.63. The predicted octanol–water partition coefficient (Wildman–Crippen LogP) is 2.79. The normalized spacial score (nSPS) is 16.8. The molecule has 0 amide bonds. The van der Waals surface area contributed by atoms with Gasteiger partial charge in [-0.15, -0.1) is 0 Å². The van der Waals surface area contributed by atoms with Crippen molar-refractivity contribution in [1.29, 1.82) is 0 Å². The number of benzene rings is 1. The molecule has 0 N–H and O–H groups in total. The van der Waals surface area contributed by atoms with Crippen molar-refractivity contribution in [2.45, 2.75) is 24.2 Å². The summed E-state index contributed by atoms with van der Waals surface area (Å²) in [6.45, 7) is 0.715. The first-order valence-corrected chi connectivity index (χ1v) is 7.54. The zero-order valence-corrected chi connectivity index (χ0v) is 10.3. The van der Waals surface area contributed by atoms with Crippen LogP contribution in [0.1, 0.15) is 19.3 Å². The van der Waals surface area contributed by atoms with Gasteiger partial charge >= 0.3 is 0 Å². The Labute approximate surface area is 99.8 Å². The van der Waals surface area contributed by atoms with E-state index < -0.39 is 9.05 Å². The third kappa shape index (κ3) is 2.89. The van der Waals surface area contributed by atoms with Crippen LogP contribution in [0.25, 0.3) is 0 Å². The van der Waals surface area contributed by atoms with Gasteiger partial charge in [-0.25, -0.2) is 8.42 Å². The molecule has 16 heavy (non-hydrogen) atoms. The van der Waals surface area contributed by atoms with Crippen molar-refractivity contribution in [3.63, 3.8) is 0 Å². The molecule has 1 aromatic rings. The highest BCUT2D eigenvalue weighted by Crippen LogP contribution is 2.27. The van der Waals surface area contributed by atoms with Crippen LogP contribution in [0.5, 0.6) is 5.75 Å². The second-order valence-electron chi connectivity index (χ2n) is 4.02. The van der Waals surface area contributed by atoms with Crippen LogP contribution < -0.4 is 4.74 Å². The van der Waals surface area contributed by atoms with E-state index in [1.54, 1.807) is 12.1 Å². The molecule has 0 heterocycles. The number of ether oxygens (including phenoxy) is 1. The summed E-state index contributed by atoms with van der Waals surface area (Å²) in [5, 5.41) is 0. The summed E-state index contributed by atoms with van der Waals surface area (Å²) in [6, 6.07) is 6.18. The summed E-state index contributed by atoms with van der Waals surface area (Å²) in [5.41, 5.74) is 0. The van der Waals surface area contributed by atoms with Gasteiger partial charge in [0, 0.05) is 10.7 Å². The van der Waals surface area contributed by atoms with E-state index >= 15 is 0 Å². The first kappa shape index (κ1) is 11.7. The highest BCUT2D eigenvalue weighted by atomic mass is 35.7. The monoisotopic (exact) mass is 260 g/mol. The summed E-state index contributed by atoms with van der Waals surface area (Å²) in [7, 11) is 1.57. The van der Waals surface area contributed by atoms with E-state index in [4.69, 9.17) is 15.4 Å². The SMILES string of the molecule is O=S(=O)(Cl)c1ccc(OCC2CCC2)cc1. The van der Waals surface area contributed by atoms with Crippen molar-refractivity contribution in [2.75, 3.05) is 6.61 Å². The molecule has 1 aliphatic rings. The summed E-state index contributed by atoms with van der Waals surface area (Å²) >= 11 is 0. The van der Waals surface area contributed by atoms with Crippen LogP contribution in [0, 0.1) is 5.92 Å². The molecule has 1 saturated carbocycles. The van der Waals surface area contributed by atoms with E-state index in [-0.39, 0.29) is 4.90 Å². The van der Waals surface area contributed by atoms with Gasteiger partial charge in [-0.3, -0.25) is 0 Å². The van der Waals surface area contributed by atoms with Crippen LogP contribution >= 0.6 is 10.7 Å². The van der Waals surface area contributed by atoms with Crippen LogP contribution in [0.15, 0.2) is 29.2 Å². The van der Waals surface area contributed by atoms with Gasteiger partial charge in [-0.05, 0) is 43.0 Å². The molecule has 0 saturated heterocycles. The quantitative estimate of drug-likeness (QED) is 0.782. The Morgan fingerprint density at radius 1 is 1.25 bits per heavy atom. The molecule has 2 rings (SSSR count).